The molecule has 9 heteroatoms. The van der Waals surface area contributed by atoms with Crippen molar-refractivity contribution in [2.75, 3.05) is 25.5 Å². The van der Waals surface area contributed by atoms with Gasteiger partial charge >= 0.3 is 12.1 Å². The Balaban J connectivity index is 1.79. The number of carbonyl (C=O) groups excluding carboxylic acids is 2. The third-order valence-electron chi connectivity index (χ3n) is 5.76. The van der Waals surface area contributed by atoms with Crippen LogP contribution in [-0.4, -0.2) is 58.8 Å². The van der Waals surface area contributed by atoms with Gasteiger partial charge < -0.3 is 19.7 Å². The van der Waals surface area contributed by atoms with E-state index >= 15 is 0 Å². The molecule has 1 aliphatic rings. The van der Waals surface area contributed by atoms with Crippen molar-refractivity contribution < 1.29 is 23.5 Å². The van der Waals surface area contributed by atoms with Crippen LogP contribution >= 0.6 is 0 Å². The SMILES string of the molecule is CC[C@H]1CN(C(=O)OC(C)(C)C)CC[C@@H]1Nc1ncc(C(=O)OC)nc1Cc1ccc(F)cc1. The van der Waals surface area contributed by atoms with Crippen LogP contribution in [0.25, 0.3) is 0 Å². The van der Waals surface area contributed by atoms with Gasteiger partial charge in [-0.15, -0.1) is 0 Å². The van der Waals surface area contributed by atoms with Gasteiger partial charge in [0, 0.05) is 25.6 Å². The number of benzene rings is 1. The van der Waals surface area contributed by atoms with Gasteiger partial charge in [-0.05, 0) is 57.2 Å². The molecule has 2 aromatic rings. The van der Waals surface area contributed by atoms with Gasteiger partial charge in [0.05, 0.1) is 19.0 Å². The number of hydrogen-bond acceptors (Lipinski definition) is 7. The highest BCUT2D eigenvalue weighted by Crippen LogP contribution is 2.26. The first-order valence-corrected chi connectivity index (χ1v) is 11.5. The summed E-state index contributed by atoms with van der Waals surface area (Å²) in [4.78, 5) is 35.3. The number of nitrogens with zero attached hydrogens (tertiary/aromatic N) is 3. The van der Waals surface area contributed by atoms with Crippen LogP contribution in [0.4, 0.5) is 15.0 Å². The topological polar surface area (TPSA) is 93.7 Å². The molecule has 1 aliphatic heterocycles. The molecule has 0 radical (unpaired) electrons. The van der Waals surface area contributed by atoms with Crippen LogP contribution in [0.5, 0.6) is 0 Å². The van der Waals surface area contributed by atoms with E-state index in [0.717, 1.165) is 12.0 Å². The molecule has 184 valence electrons. The summed E-state index contributed by atoms with van der Waals surface area (Å²) in [6, 6.07) is 6.20. The Morgan fingerprint density at radius 3 is 2.56 bits per heavy atom. The Kier molecular flexibility index (Phi) is 8.06. The lowest BCUT2D eigenvalue weighted by Crippen LogP contribution is -2.49. The molecule has 0 aliphatic carbocycles. The average molecular weight is 473 g/mol. The zero-order valence-corrected chi connectivity index (χ0v) is 20.4. The van der Waals surface area contributed by atoms with Gasteiger partial charge in [0.25, 0.3) is 0 Å². The lowest BCUT2D eigenvalue weighted by atomic mass is 9.90. The summed E-state index contributed by atoms with van der Waals surface area (Å²) in [6.45, 7) is 8.79. The molecule has 1 saturated heterocycles. The maximum atomic E-state index is 13.4. The molecule has 1 amide bonds. The number of hydrogen-bond donors (Lipinski definition) is 1. The third-order valence-corrected chi connectivity index (χ3v) is 5.76. The number of halogens is 1. The van der Waals surface area contributed by atoms with Crippen LogP contribution in [0.1, 0.15) is 62.3 Å². The van der Waals surface area contributed by atoms with E-state index in [4.69, 9.17) is 9.47 Å². The van der Waals surface area contributed by atoms with E-state index in [9.17, 15) is 14.0 Å². The number of nitrogens with one attached hydrogen (secondary N) is 1. The normalized spacial score (nSPS) is 18.4. The molecule has 34 heavy (non-hydrogen) atoms. The number of rotatable bonds is 6. The number of methoxy groups -OCH3 is 1. The summed E-state index contributed by atoms with van der Waals surface area (Å²) in [6.07, 6.45) is 3.03. The van der Waals surface area contributed by atoms with Crippen LogP contribution in [0.3, 0.4) is 0 Å². The molecule has 0 unspecified atom stereocenters. The highest BCUT2D eigenvalue weighted by molar-refractivity contribution is 5.87. The molecule has 2 heterocycles. The lowest BCUT2D eigenvalue weighted by molar-refractivity contribution is 0.0153. The second kappa shape index (κ2) is 10.8. The van der Waals surface area contributed by atoms with Crippen LogP contribution < -0.4 is 5.32 Å². The summed E-state index contributed by atoms with van der Waals surface area (Å²) in [5, 5.41) is 3.50. The monoisotopic (exact) mass is 472 g/mol. The van der Waals surface area contributed by atoms with Crippen LogP contribution in [0.2, 0.25) is 0 Å². The first-order chi connectivity index (χ1) is 16.1. The Morgan fingerprint density at radius 1 is 1.24 bits per heavy atom. The van der Waals surface area contributed by atoms with Crippen molar-refractivity contribution in [3.8, 4) is 0 Å². The summed E-state index contributed by atoms with van der Waals surface area (Å²) >= 11 is 0. The predicted molar refractivity (Wildman–Crippen MR) is 126 cm³/mol. The first-order valence-electron chi connectivity index (χ1n) is 11.5. The number of anilines is 1. The van der Waals surface area contributed by atoms with Gasteiger partial charge in [0.15, 0.2) is 5.69 Å². The summed E-state index contributed by atoms with van der Waals surface area (Å²) in [5.74, 6) is -0.149. The Morgan fingerprint density at radius 2 is 1.94 bits per heavy atom. The minimum atomic E-state index is -0.573. The maximum Gasteiger partial charge on any atom is 0.410 e. The average Bonchev–Trinajstić information content (AvgIpc) is 2.80. The molecular weight excluding hydrogens is 439 g/mol. The quantitative estimate of drug-likeness (QED) is 0.621. The molecule has 0 spiro atoms. The van der Waals surface area contributed by atoms with Crippen LogP contribution in [-0.2, 0) is 15.9 Å². The fourth-order valence-electron chi connectivity index (χ4n) is 3.97. The number of carbonyl (C=O) groups is 2. The van der Waals surface area contributed by atoms with E-state index in [-0.39, 0.29) is 29.6 Å². The number of piperidine rings is 1. The number of likely N-dealkylation sites (tertiary alicyclic amines) is 1. The Labute approximate surface area is 199 Å². The van der Waals surface area contributed by atoms with Crippen molar-refractivity contribution >= 4 is 17.9 Å². The van der Waals surface area contributed by atoms with Gasteiger partial charge in [-0.2, -0.15) is 0 Å². The molecule has 8 nitrogen and oxygen atoms in total. The molecule has 0 saturated carbocycles. The van der Waals surface area contributed by atoms with E-state index in [1.54, 1.807) is 17.0 Å². The van der Waals surface area contributed by atoms with E-state index in [0.29, 0.717) is 37.4 Å². The van der Waals surface area contributed by atoms with Crippen molar-refractivity contribution in [2.45, 2.75) is 58.6 Å². The molecule has 1 fully saturated rings. The van der Waals surface area contributed by atoms with Crippen molar-refractivity contribution in [1.29, 1.82) is 0 Å². The molecule has 3 rings (SSSR count). The van der Waals surface area contributed by atoms with E-state index in [1.807, 2.05) is 20.8 Å². The largest absolute Gasteiger partial charge is 0.464 e. The molecule has 0 bridgehead atoms. The van der Waals surface area contributed by atoms with Gasteiger partial charge in [-0.25, -0.2) is 23.9 Å². The summed E-state index contributed by atoms with van der Waals surface area (Å²) in [7, 11) is 1.29. The van der Waals surface area contributed by atoms with Crippen molar-refractivity contribution in [1.82, 2.24) is 14.9 Å². The third kappa shape index (κ3) is 6.65. The minimum Gasteiger partial charge on any atom is -0.464 e. The number of aromatic nitrogens is 2. The number of esters is 1. The zero-order valence-electron chi connectivity index (χ0n) is 20.4. The number of amides is 1. The van der Waals surface area contributed by atoms with E-state index in [1.165, 1.54) is 25.4 Å². The van der Waals surface area contributed by atoms with Gasteiger partial charge in [-0.1, -0.05) is 19.1 Å². The van der Waals surface area contributed by atoms with Crippen LogP contribution in [0.15, 0.2) is 30.5 Å². The Hall–Kier alpha value is -3.23. The van der Waals surface area contributed by atoms with Crippen molar-refractivity contribution in [3.05, 3.63) is 53.2 Å². The first kappa shape index (κ1) is 25.4. The standard InChI is InChI=1S/C25H33FN4O4/c1-6-17-15-30(24(32)34-25(2,3)4)12-11-19(17)29-22-20(13-16-7-9-18(26)10-8-16)28-21(14-27-22)23(31)33-5/h7-10,14,17,19H,6,11-13,15H2,1-5H3,(H,27,29)/t17-,19-/m0/s1. The van der Waals surface area contributed by atoms with Gasteiger partial charge in [0.1, 0.15) is 17.2 Å². The summed E-state index contributed by atoms with van der Waals surface area (Å²) < 4.78 is 23.7. The fourth-order valence-corrected chi connectivity index (χ4v) is 3.97. The predicted octanol–water partition coefficient (Wildman–Crippen LogP) is 4.44. The molecule has 2 atom stereocenters. The second-order valence-corrected chi connectivity index (χ2v) is 9.48. The molecule has 1 N–H and O–H groups in total. The van der Waals surface area contributed by atoms with Gasteiger partial charge in [0.2, 0.25) is 0 Å². The van der Waals surface area contributed by atoms with Crippen molar-refractivity contribution in [3.63, 3.8) is 0 Å². The highest BCUT2D eigenvalue weighted by Gasteiger charge is 2.33. The fraction of sp³-hybridized carbons (Fsp3) is 0.520. The zero-order chi connectivity index (χ0) is 24.9. The van der Waals surface area contributed by atoms with E-state index < -0.39 is 11.6 Å². The molecule has 1 aromatic carbocycles. The van der Waals surface area contributed by atoms with Gasteiger partial charge in [-0.3, -0.25) is 0 Å². The van der Waals surface area contributed by atoms with Crippen molar-refractivity contribution in [2.24, 2.45) is 5.92 Å². The molecular formula is C25H33FN4O4. The summed E-state index contributed by atoms with van der Waals surface area (Å²) in [5.41, 5.74) is 0.976. The highest BCUT2D eigenvalue weighted by atomic mass is 19.1. The minimum absolute atomic E-state index is 0.0638. The van der Waals surface area contributed by atoms with Crippen LogP contribution in [0, 0.1) is 11.7 Å². The smallest absolute Gasteiger partial charge is 0.410 e. The number of ether oxygens (including phenoxy) is 2. The van der Waals surface area contributed by atoms with E-state index in [2.05, 4.69) is 22.2 Å². The maximum absolute atomic E-state index is 13.4. The lowest BCUT2D eigenvalue weighted by Gasteiger charge is -2.39. The Bertz CT molecular complexity index is 1010. The molecule has 1 aromatic heterocycles. The second-order valence-electron chi connectivity index (χ2n) is 9.48.